The van der Waals surface area contributed by atoms with Gasteiger partial charge >= 0.3 is 12.3 Å². The molecule has 0 radical (unpaired) electrons. The molecule has 194 valence electrons. The molecule has 2 aromatic rings. The van der Waals surface area contributed by atoms with Gasteiger partial charge in [-0.25, -0.2) is 13.2 Å². The summed E-state index contributed by atoms with van der Waals surface area (Å²) in [6.45, 7) is 2.17. The first-order valence-corrected chi connectivity index (χ1v) is 11.8. The standard InChI is InChI=1S/C26H28F8O/c1-2-3-4-16-5-7-17(8-6-16)9-10-18-11-12-20(21(27)13-18)26(33,34)35-19-14-22(28)24(23(29)15-19)25(30,31)32/h11-17H,2-10H2,1H3. The lowest BCUT2D eigenvalue weighted by atomic mass is 9.78. The molecule has 1 nitrogen and oxygen atoms in total. The summed E-state index contributed by atoms with van der Waals surface area (Å²) in [5, 5.41) is 0. The van der Waals surface area contributed by atoms with Crippen LogP contribution in [0.1, 0.15) is 75.0 Å². The molecular weight excluding hydrogens is 480 g/mol. The molecule has 0 saturated heterocycles. The summed E-state index contributed by atoms with van der Waals surface area (Å²) in [6, 6.07) is 3.10. The number of benzene rings is 2. The third-order valence-electron chi connectivity index (χ3n) is 6.67. The van der Waals surface area contributed by atoms with E-state index in [4.69, 9.17) is 0 Å². The summed E-state index contributed by atoms with van der Waals surface area (Å²) in [6.07, 6.45) is -0.176. The largest absolute Gasteiger partial charge is 0.429 e. The number of unbranched alkanes of at least 4 members (excludes halogenated alkanes) is 1. The fourth-order valence-corrected chi connectivity index (χ4v) is 4.71. The lowest BCUT2D eigenvalue weighted by Gasteiger charge is -2.28. The van der Waals surface area contributed by atoms with Gasteiger partial charge < -0.3 is 4.74 Å². The summed E-state index contributed by atoms with van der Waals surface area (Å²) < 4.78 is 113. The van der Waals surface area contributed by atoms with E-state index in [1.54, 1.807) is 0 Å². The molecule has 1 aliphatic carbocycles. The van der Waals surface area contributed by atoms with Gasteiger partial charge in [-0.2, -0.15) is 22.0 Å². The maximum atomic E-state index is 14.5. The molecule has 1 fully saturated rings. The lowest BCUT2D eigenvalue weighted by Crippen LogP contribution is -2.24. The highest BCUT2D eigenvalue weighted by Gasteiger charge is 2.41. The van der Waals surface area contributed by atoms with E-state index in [9.17, 15) is 35.1 Å². The van der Waals surface area contributed by atoms with Crippen molar-refractivity contribution in [3.8, 4) is 5.75 Å². The van der Waals surface area contributed by atoms with Crippen LogP contribution in [0.4, 0.5) is 35.1 Å². The van der Waals surface area contributed by atoms with Gasteiger partial charge in [0.1, 0.15) is 28.8 Å². The van der Waals surface area contributed by atoms with Crippen molar-refractivity contribution in [2.24, 2.45) is 11.8 Å². The topological polar surface area (TPSA) is 9.23 Å². The van der Waals surface area contributed by atoms with Crippen LogP contribution in [0.5, 0.6) is 5.75 Å². The monoisotopic (exact) mass is 508 g/mol. The smallest absolute Gasteiger partial charge is 0.429 e. The van der Waals surface area contributed by atoms with Crippen molar-refractivity contribution < 1.29 is 39.9 Å². The van der Waals surface area contributed by atoms with Gasteiger partial charge in [-0.1, -0.05) is 57.9 Å². The third kappa shape index (κ3) is 7.10. The van der Waals surface area contributed by atoms with Crippen molar-refractivity contribution in [3.63, 3.8) is 0 Å². The van der Waals surface area contributed by atoms with Gasteiger partial charge in [0.05, 0.1) is 5.56 Å². The predicted octanol–water partition coefficient (Wildman–Crippen LogP) is 9.18. The van der Waals surface area contributed by atoms with Crippen LogP contribution in [0.2, 0.25) is 0 Å². The van der Waals surface area contributed by atoms with Gasteiger partial charge in [-0.3, -0.25) is 0 Å². The molecule has 1 saturated carbocycles. The second kappa shape index (κ2) is 11.2. The summed E-state index contributed by atoms with van der Waals surface area (Å²) in [7, 11) is 0. The van der Waals surface area contributed by atoms with E-state index in [-0.39, 0.29) is 12.1 Å². The van der Waals surface area contributed by atoms with Crippen LogP contribution in [0.25, 0.3) is 0 Å². The molecule has 2 aromatic carbocycles. The average Bonchev–Trinajstić information content (AvgIpc) is 2.75. The molecule has 1 aliphatic rings. The predicted molar refractivity (Wildman–Crippen MR) is 116 cm³/mol. The molecule has 0 atom stereocenters. The highest BCUT2D eigenvalue weighted by atomic mass is 19.4. The van der Waals surface area contributed by atoms with Gasteiger partial charge in [-0.15, -0.1) is 0 Å². The Hall–Kier alpha value is -2.32. The van der Waals surface area contributed by atoms with Crippen molar-refractivity contribution >= 4 is 0 Å². The Balaban J connectivity index is 1.62. The van der Waals surface area contributed by atoms with Crippen LogP contribution in [0, 0.1) is 29.3 Å². The zero-order chi connectivity index (χ0) is 25.8. The SMILES string of the molecule is CCCCC1CCC(CCc2ccc(C(F)(F)Oc3cc(F)c(C(F)(F)F)c(F)c3)c(F)c2)CC1. The first-order valence-electron chi connectivity index (χ1n) is 11.8. The Labute approximate surface area is 199 Å². The highest BCUT2D eigenvalue weighted by Crippen LogP contribution is 2.39. The molecule has 0 heterocycles. The van der Waals surface area contributed by atoms with E-state index in [1.165, 1.54) is 38.2 Å². The first kappa shape index (κ1) is 27.3. The van der Waals surface area contributed by atoms with Gasteiger partial charge in [-0.05, 0) is 42.4 Å². The minimum atomic E-state index is -5.36. The Morgan fingerprint density at radius 2 is 1.37 bits per heavy atom. The summed E-state index contributed by atoms with van der Waals surface area (Å²) in [5.41, 5.74) is -2.88. The van der Waals surface area contributed by atoms with E-state index in [0.717, 1.165) is 37.3 Å². The summed E-state index contributed by atoms with van der Waals surface area (Å²) in [5.74, 6) is -5.43. The fraction of sp³-hybridized carbons (Fsp3) is 0.538. The number of hydrogen-bond donors (Lipinski definition) is 0. The van der Waals surface area contributed by atoms with E-state index in [1.807, 2.05) is 0 Å². The zero-order valence-electron chi connectivity index (χ0n) is 19.3. The van der Waals surface area contributed by atoms with Gasteiger partial charge in [0.15, 0.2) is 0 Å². The van der Waals surface area contributed by atoms with Gasteiger partial charge in [0.25, 0.3) is 0 Å². The lowest BCUT2D eigenvalue weighted by molar-refractivity contribution is -0.187. The molecule has 35 heavy (non-hydrogen) atoms. The van der Waals surface area contributed by atoms with Crippen molar-refractivity contribution in [2.45, 2.75) is 77.0 Å². The minimum Gasteiger partial charge on any atom is -0.429 e. The normalized spacial score (nSPS) is 19.1. The van der Waals surface area contributed by atoms with Crippen LogP contribution >= 0.6 is 0 Å². The summed E-state index contributed by atoms with van der Waals surface area (Å²) >= 11 is 0. The quantitative estimate of drug-likeness (QED) is 0.307. The van der Waals surface area contributed by atoms with Crippen LogP contribution in [0.3, 0.4) is 0 Å². The molecule has 0 bridgehead atoms. The Kier molecular flexibility index (Phi) is 8.70. The van der Waals surface area contributed by atoms with E-state index in [2.05, 4.69) is 11.7 Å². The maximum Gasteiger partial charge on any atom is 0.429 e. The van der Waals surface area contributed by atoms with E-state index >= 15 is 0 Å². The van der Waals surface area contributed by atoms with Crippen LogP contribution < -0.4 is 4.74 Å². The molecule has 0 N–H and O–H groups in total. The number of aryl methyl sites for hydroxylation is 1. The zero-order valence-corrected chi connectivity index (χ0v) is 19.3. The Bertz CT molecular complexity index is 970. The Morgan fingerprint density at radius 3 is 1.89 bits per heavy atom. The second-order valence-corrected chi connectivity index (χ2v) is 9.26. The molecule has 0 aromatic heterocycles. The number of rotatable bonds is 9. The molecule has 0 unspecified atom stereocenters. The number of ether oxygens (including phenoxy) is 1. The number of alkyl halides is 5. The molecule has 0 amide bonds. The molecule has 0 aliphatic heterocycles. The van der Waals surface area contributed by atoms with E-state index in [0.29, 0.717) is 17.9 Å². The number of halogens is 8. The van der Waals surface area contributed by atoms with Crippen molar-refractivity contribution in [1.82, 2.24) is 0 Å². The third-order valence-corrected chi connectivity index (χ3v) is 6.67. The molecule has 9 heteroatoms. The van der Waals surface area contributed by atoms with Crippen LogP contribution in [-0.2, 0) is 18.7 Å². The molecule has 0 spiro atoms. The van der Waals surface area contributed by atoms with Crippen molar-refractivity contribution in [1.29, 1.82) is 0 Å². The van der Waals surface area contributed by atoms with Crippen molar-refractivity contribution in [2.75, 3.05) is 0 Å². The fourth-order valence-electron chi connectivity index (χ4n) is 4.71. The summed E-state index contributed by atoms with van der Waals surface area (Å²) in [4.78, 5) is 0. The molecular formula is C26H28F8O. The Morgan fingerprint density at radius 1 is 0.800 bits per heavy atom. The second-order valence-electron chi connectivity index (χ2n) is 9.26. The van der Waals surface area contributed by atoms with Crippen LogP contribution in [-0.4, -0.2) is 0 Å². The van der Waals surface area contributed by atoms with Gasteiger partial charge in [0, 0.05) is 12.1 Å². The van der Waals surface area contributed by atoms with Crippen LogP contribution in [0.15, 0.2) is 30.3 Å². The average molecular weight is 508 g/mol. The first-order chi connectivity index (χ1) is 16.4. The van der Waals surface area contributed by atoms with Gasteiger partial charge in [0.2, 0.25) is 0 Å². The highest BCUT2D eigenvalue weighted by molar-refractivity contribution is 5.34. The van der Waals surface area contributed by atoms with E-state index < -0.39 is 46.6 Å². The maximum absolute atomic E-state index is 14.5. The van der Waals surface area contributed by atoms with Crippen molar-refractivity contribution in [3.05, 3.63) is 64.5 Å². The number of hydrogen-bond acceptors (Lipinski definition) is 1. The molecule has 3 rings (SSSR count). The minimum absolute atomic E-state index is 0.0108.